The molecule has 0 spiro atoms. The van der Waals surface area contributed by atoms with Crippen LogP contribution < -0.4 is 4.90 Å². The van der Waals surface area contributed by atoms with Gasteiger partial charge in [-0.3, -0.25) is 0 Å². The molecule has 0 bridgehead atoms. The lowest BCUT2D eigenvalue weighted by atomic mass is 9.86. The second-order valence-electron chi connectivity index (χ2n) is 8.80. The molecule has 1 saturated heterocycles. The van der Waals surface area contributed by atoms with Crippen molar-refractivity contribution in [3.63, 3.8) is 0 Å². The van der Waals surface area contributed by atoms with Gasteiger partial charge in [-0.2, -0.15) is 13.2 Å². The average molecular weight is 485 g/mol. The van der Waals surface area contributed by atoms with Crippen LogP contribution in [0.3, 0.4) is 0 Å². The van der Waals surface area contributed by atoms with Gasteiger partial charge in [-0.05, 0) is 41.7 Å². The zero-order chi connectivity index (χ0) is 24.3. The molecule has 2 heterocycles. The third-order valence-electron chi connectivity index (χ3n) is 6.16. The predicted molar refractivity (Wildman–Crippen MR) is 133 cm³/mol. The molecule has 0 saturated carbocycles. The van der Waals surface area contributed by atoms with Crippen LogP contribution in [-0.2, 0) is 12.6 Å². The molecule has 1 aliphatic rings. The van der Waals surface area contributed by atoms with Crippen LogP contribution in [0, 0.1) is 0 Å². The molecule has 0 aliphatic carbocycles. The number of hydrogen-bond donors (Lipinski definition) is 0. The summed E-state index contributed by atoms with van der Waals surface area (Å²) < 4.78 is 38.5. The van der Waals surface area contributed by atoms with Crippen LogP contribution in [-0.4, -0.2) is 47.0 Å². The predicted octanol–water partition coefficient (Wildman–Crippen LogP) is 5.98. The van der Waals surface area contributed by atoms with Gasteiger partial charge in [0.25, 0.3) is 0 Å². The van der Waals surface area contributed by atoms with E-state index in [9.17, 15) is 13.2 Å². The number of rotatable bonds is 5. The fraction of sp³-hybridized carbons (Fsp3) is 0.346. The Bertz CT molecular complexity index is 1130. The summed E-state index contributed by atoms with van der Waals surface area (Å²) in [6.07, 6.45) is 1.90. The van der Waals surface area contributed by atoms with E-state index >= 15 is 0 Å². The van der Waals surface area contributed by atoms with Crippen LogP contribution >= 0.6 is 12.2 Å². The molecule has 4 nitrogen and oxygen atoms in total. The van der Waals surface area contributed by atoms with E-state index in [4.69, 9.17) is 12.2 Å². The van der Waals surface area contributed by atoms with Gasteiger partial charge in [0.2, 0.25) is 5.95 Å². The van der Waals surface area contributed by atoms with Crippen molar-refractivity contribution in [2.45, 2.75) is 31.4 Å². The van der Waals surface area contributed by atoms with Crippen molar-refractivity contribution in [2.75, 3.05) is 32.1 Å². The van der Waals surface area contributed by atoms with E-state index in [0.29, 0.717) is 18.3 Å². The fourth-order valence-corrected chi connectivity index (χ4v) is 4.70. The highest BCUT2D eigenvalue weighted by atomic mass is 32.1. The maximum Gasteiger partial charge on any atom is 0.416 e. The largest absolute Gasteiger partial charge is 0.416 e. The monoisotopic (exact) mass is 484 g/mol. The number of anilines is 1. The van der Waals surface area contributed by atoms with E-state index in [1.807, 2.05) is 43.5 Å². The molecular formula is C26H27F3N4S. The Kier molecular flexibility index (Phi) is 7.16. The first-order chi connectivity index (χ1) is 16.2. The number of alkyl halides is 3. The number of nitrogens with zero attached hydrogens (tertiary/aromatic N) is 4. The lowest BCUT2D eigenvalue weighted by Gasteiger charge is -2.35. The summed E-state index contributed by atoms with van der Waals surface area (Å²) in [4.78, 5) is 13.8. The van der Waals surface area contributed by atoms with Gasteiger partial charge in [-0.1, -0.05) is 48.6 Å². The van der Waals surface area contributed by atoms with Gasteiger partial charge in [0.05, 0.1) is 10.6 Å². The standard InChI is InChI=1S/C26H27F3N4S/c1-32(2)25-30-15-20(16-31-25)23-8-4-3-7-22(23)19-6-5-13-33(17-19)24(34)14-18-9-11-21(12-10-18)26(27,28)29/h3-4,7-12,15-16,19H,5-6,13-14,17H2,1-2H3. The van der Waals surface area contributed by atoms with Gasteiger partial charge in [0, 0.05) is 57.5 Å². The maximum absolute atomic E-state index is 12.8. The molecule has 8 heteroatoms. The van der Waals surface area contributed by atoms with E-state index in [2.05, 4.69) is 27.0 Å². The van der Waals surface area contributed by atoms with Crippen molar-refractivity contribution in [2.24, 2.45) is 0 Å². The summed E-state index contributed by atoms with van der Waals surface area (Å²) in [7, 11) is 3.82. The topological polar surface area (TPSA) is 32.3 Å². The molecule has 2 aromatic carbocycles. The molecular weight excluding hydrogens is 457 g/mol. The van der Waals surface area contributed by atoms with Gasteiger partial charge < -0.3 is 9.80 Å². The molecule has 0 amide bonds. The van der Waals surface area contributed by atoms with Crippen LogP contribution in [0.4, 0.5) is 19.1 Å². The van der Waals surface area contributed by atoms with Crippen molar-refractivity contribution in [3.05, 3.63) is 77.6 Å². The Labute approximate surface area is 203 Å². The summed E-state index contributed by atoms with van der Waals surface area (Å²) in [6.45, 7) is 1.64. The molecule has 0 radical (unpaired) electrons. The van der Waals surface area contributed by atoms with Gasteiger partial charge in [0.15, 0.2) is 0 Å². The van der Waals surface area contributed by atoms with Gasteiger partial charge in [0.1, 0.15) is 0 Å². The summed E-state index contributed by atoms with van der Waals surface area (Å²) in [5.74, 6) is 0.961. The summed E-state index contributed by atoms with van der Waals surface area (Å²) >= 11 is 5.71. The Morgan fingerprint density at radius 1 is 1.06 bits per heavy atom. The Hall–Kier alpha value is -3.00. The van der Waals surface area contributed by atoms with Crippen LogP contribution in [0.2, 0.25) is 0 Å². The quantitative estimate of drug-likeness (QED) is 0.416. The van der Waals surface area contributed by atoms with Crippen molar-refractivity contribution < 1.29 is 13.2 Å². The molecule has 4 rings (SSSR count). The van der Waals surface area contributed by atoms with Crippen molar-refractivity contribution >= 4 is 23.2 Å². The molecule has 3 aromatic rings. The van der Waals surface area contributed by atoms with Gasteiger partial charge in [-0.15, -0.1) is 0 Å². The van der Waals surface area contributed by atoms with E-state index in [-0.39, 0.29) is 0 Å². The maximum atomic E-state index is 12.8. The van der Waals surface area contributed by atoms with E-state index in [1.54, 1.807) is 0 Å². The van der Waals surface area contributed by atoms with Crippen LogP contribution in [0.5, 0.6) is 0 Å². The zero-order valence-electron chi connectivity index (χ0n) is 19.2. The number of benzene rings is 2. The van der Waals surface area contributed by atoms with Crippen LogP contribution in [0.15, 0.2) is 60.9 Å². The first kappa shape index (κ1) is 24.1. The summed E-state index contributed by atoms with van der Waals surface area (Å²) in [5.41, 5.74) is 3.49. The second kappa shape index (κ2) is 10.1. The molecule has 1 fully saturated rings. The minimum absolute atomic E-state index is 0.295. The number of aromatic nitrogens is 2. The molecule has 1 aliphatic heterocycles. The smallest absolute Gasteiger partial charge is 0.365 e. The first-order valence-corrected chi connectivity index (χ1v) is 11.7. The average Bonchev–Trinajstić information content (AvgIpc) is 2.84. The van der Waals surface area contributed by atoms with Crippen LogP contribution in [0.1, 0.15) is 35.4 Å². The SMILES string of the molecule is CN(C)c1ncc(-c2ccccc2C2CCCN(C(=S)Cc3ccc(C(F)(F)F)cc3)C2)cn1. The molecule has 0 N–H and O–H groups in total. The minimum Gasteiger partial charge on any atom is -0.365 e. The third-order valence-corrected chi connectivity index (χ3v) is 6.56. The molecule has 34 heavy (non-hydrogen) atoms. The third kappa shape index (κ3) is 5.55. The van der Waals surface area contributed by atoms with Gasteiger partial charge >= 0.3 is 6.18 Å². The van der Waals surface area contributed by atoms with Crippen LogP contribution in [0.25, 0.3) is 11.1 Å². The fourth-order valence-electron chi connectivity index (χ4n) is 4.36. The zero-order valence-corrected chi connectivity index (χ0v) is 20.0. The number of halogens is 3. The van der Waals surface area contributed by atoms with Crippen molar-refractivity contribution in [1.29, 1.82) is 0 Å². The normalized spacial score (nSPS) is 16.4. The van der Waals surface area contributed by atoms with Crippen molar-refractivity contribution in [3.8, 4) is 11.1 Å². The Morgan fingerprint density at radius 2 is 1.74 bits per heavy atom. The lowest BCUT2D eigenvalue weighted by Crippen LogP contribution is -2.39. The minimum atomic E-state index is -4.33. The number of hydrogen-bond acceptors (Lipinski definition) is 4. The number of piperidine rings is 1. The number of likely N-dealkylation sites (tertiary alicyclic amines) is 1. The lowest BCUT2D eigenvalue weighted by molar-refractivity contribution is -0.137. The molecule has 178 valence electrons. The highest BCUT2D eigenvalue weighted by Gasteiger charge is 2.30. The van der Waals surface area contributed by atoms with E-state index < -0.39 is 11.7 Å². The summed E-state index contributed by atoms with van der Waals surface area (Å²) in [5, 5.41) is 0. The Morgan fingerprint density at radius 3 is 2.38 bits per heavy atom. The molecule has 1 aromatic heterocycles. The molecule has 1 atom stereocenters. The van der Waals surface area contributed by atoms with Crippen molar-refractivity contribution in [1.82, 2.24) is 14.9 Å². The Balaban J connectivity index is 1.48. The first-order valence-electron chi connectivity index (χ1n) is 11.2. The van der Waals surface area contributed by atoms with Gasteiger partial charge in [-0.25, -0.2) is 9.97 Å². The number of thiocarbonyl (C=S) groups is 1. The van der Waals surface area contributed by atoms with E-state index in [0.717, 1.165) is 59.7 Å². The summed E-state index contributed by atoms with van der Waals surface area (Å²) in [6, 6.07) is 13.6. The highest BCUT2D eigenvalue weighted by molar-refractivity contribution is 7.80. The molecule has 1 unspecified atom stereocenters. The highest BCUT2D eigenvalue weighted by Crippen LogP contribution is 2.35. The van der Waals surface area contributed by atoms with E-state index in [1.165, 1.54) is 17.7 Å². The second-order valence-corrected chi connectivity index (χ2v) is 9.28.